The van der Waals surface area contributed by atoms with Crippen molar-refractivity contribution in [2.24, 2.45) is 7.05 Å². The Hall–Kier alpha value is -2.92. The van der Waals surface area contributed by atoms with E-state index in [9.17, 15) is 23.1 Å². The third-order valence-corrected chi connectivity index (χ3v) is 6.19. The zero-order valence-electron chi connectivity index (χ0n) is 18.1. The number of fused-ring (bicyclic) bond motifs is 1. The zero-order chi connectivity index (χ0) is 23.2. The molecule has 11 heteroatoms. The number of rotatable bonds is 5. The van der Waals surface area contributed by atoms with Crippen LogP contribution < -0.4 is 0 Å². The van der Waals surface area contributed by atoms with Gasteiger partial charge in [0.1, 0.15) is 6.33 Å². The van der Waals surface area contributed by atoms with Crippen molar-refractivity contribution in [3.8, 4) is 11.4 Å². The number of alkyl halides is 3. The maximum absolute atomic E-state index is 12.7. The fraction of sp³-hybridized carbons (Fsp3) is 0.476. The molecule has 0 aliphatic carbocycles. The molecule has 1 aliphatic heterocycles. The lowest BCUT2D eigenvalue weighted by molar-refractivity contribution is -0.149. The molecule has 1 aliphatic rings. The van der Waals surface area contributed by atoms with Gasteiger partial charge in [0.15, 0.2) is 5.82 Å². The first-order valence-corrected chi connectivity index (χ1v) is 10.3. The SMILES string of the molecule is Cc1c(C(=O)O)cc2c(-c3ncnn3C)ccn2c1C(C)N1CCN(CC(F)(F)F)CC1. The normalized spacial score (nSPS) is 17.2. The summed E-state index contributed by atoms with van der Waals surface area (Å²) >= 11 is 0. The number of aromatic carboxylic acids is 1. The molecule has 4 heterocycles. The lowest BCUT2D eigenvalue weighted by atomic mass is 10.0. The van der Waals surface area contributed by atoms with Crippen LogP contribution in [0.3, 0.4) is 0 Å². The standard InChI is InChI=1S/C21H25F3N6O2/c1-13-16(20(31)32)10-17-15(19-25-12-26-27(19)3)4-5-30(17)18(13)14(2)29-8-6-28(7-9-29)11-21(22,23)24/h4-5,10,12,14H,6-9,11H2,1-3H3,(H,31,32). The van der Waals surface area contributed by atoms with Gasteiger partial charge in [-0.15, -0.1) is 0 Å². The molecule has 0 saturated carbocycles. The molecular weight excluding hydrogens is 425 g/mol. The molecule has 8 nitrogen and oxygen atoms in total. The highest BCUT2D eigenvalue weighted by Gasteiger charge is 2.34. The monoisotopic (exact) mass is 450 g/mol. The molecule has 32 heavy (non-hydrogen) atoms. The lowest BCUT2D eigenvalue weighted by Gasteiger charge is -2.39. The van der Waals surface area contributed by atoms with Gasteiger partial charge in [-0.2, -0.15) is 18.3 Å². The van der Waals surface area contributed by atoms with Crippen LogP contribution in [0.4, 0.5) is 13.2 Å². The van der Waals surface area contributed by atoms with E-state index in [4.69, 9.17) is 0 Å². The van der Waals surface area contributed by atoms with Crippen molar-refractivity contribution in [2.75, 3.05) is 32.7 Å². The van der Waals surface area contributed by atoms with Crippen LogP contribution in [0.15, 0.2) is 24.7 Å². The maximum atomic E-state index is 12.7. The Labute approximate surface area is 182 Å². The summed E-state index contributed by atoms with van der Waals surface area (Å²) in [6.45, 7) is 4.37. The van der Waals surface area contributed by atoms with Gasteiger partial charge in [0.25, 0.3) is 0 Å². The quantitative estimate of drug-likeness (QED) is 0.644. The Morgan fingerprint density at radius 1 is 1.25 bits per heavy atom. The Balaban J connectivity index is 1.72. The number of carbonyl (C=O) groups is 1. The van der Waals surface area contributed by atoms with E-state index in [0.717, 1.165) is 11.3 Å². The van der Waals surface area contributed by atoms with Crippen LogP contribution in [0.1, 0.15) is 34.6 Å². The predicted molar refractivity (Wildman–Crippen MR) is 112 cm³/mol. The van der Waals surface area contributed by atoms with Gasteiger partial charge in [0.2, 0.25) is 0 Å². The van der Waals surface area contributed by atoms with Gasteiger partial charge in [0, 0.05) is 56.7 Å². The average molecular weight is 450 g/mol. The second-order valence-electron chi connectivity index (χ2n) is 8.17. The van der Waals surface area contributed by atoms with Crippen molar-refractivity contribution < 1.29 is 23.1 Å². The summed E-state index contributed by atoms with van der Waals surface area (Å²) in [5.74, 6) is -0.411. The third-order valence-electron chi connectivity index (χ3n) is 6.19. The minimum absolute atomic E-state index is 0.190. The van der Waals surface area contributed by atoms with Gasteiger partial charge in [-0.25, -0.2) is 14.5 Å². The summed E-state index contributed by atoms with van der Waals surface area (Å²) in [5.41, 5.74) is 3.09. The number of aryl methyl sites for hydroxylation is 1. The second kappa shape index (κ2) is 8.21. The second-order valence-corrected chi connectivity index (χ2v) is 8.17. The van der Waals surface area contributed by atoms with Crippen LogP contribution in [0.5, 0.6) is 0 Å². The number of hydrogen-bond donors (Lipinski definition) is 1. The molecule has 1 saturated heterocycles. The maximum Gasteiger partial charge on any atom is 0.401 e. The fourth-order valence-corrected chi connectivity index (χ4v) is 4.57. The van der Waals surface area contributed by atoms with Gasteiger partial charge in [-0.05, 0) is 31.5 Å². The van der Waals surface area contributed by atoms with E-state index in [1.54, 1.807) is 24.7 Å². The summed E-state index contributed by atoms with van der Waals surface area (Å²) in [5, 5.41) is 13.9. The van der Waals surface area contributed by atoms with Gasteiger partial charge in [0.05, 0.1) is 17.6 Å². The molecule has 0 aromatic carbocycles. The molecule has 3 aromatic heterocycles. The van der Waals surface area contributed by atoms with E-state index in [1.165, 1.54) is 11.2 Å². The molecule has 4 rings (SSSR count). The van der Waals surface area contributed by atoms with Crippen LogP contribution >= 0.6 is 0 Å². The van der Waals surface area contributed by atoms with Crippen molar-refractivity contribution in [2.45, 2.75) is 26.1 Å². The van der Waals surface area contributed by atoms with Crippen molar-refractivity contribution >= 4 is 11.5 Å². The first-order valence-electron chi connectivity index (χ1n) is 10.3. The van der Waals surface area contributed by atoms with Gasteiger partial charge in [-0.1, -0.05) is 0 Å². The van der Waals surface area contributed by atoms with Crippen molar-refractivity contribution in [1.82, 2.24) is 29.0 Å². The number of pyridine rings is 1. The molecule has 0 bridgehead atoms. The molecule has 1 N–H and O–H groups in total. The highest BCUT2D eigenvalue weighted by Crippen LogP contribution is 2.33. The van der Waals surface area contributed by atoms with Crippen LogP contribution in [0.2, 0.25) is 0 Å². The third kappa shape index (κ3) is 4.09. The molecule has 0 radical (unpaired) electrons. The van der Waals surface area contributed by atoms with Crippen LogP contribution in [0.25, 0.3) is 16.9 Å². The highest BCUT2D eigenvalue weighted by molar-refractivity contribution is 5.93. The number of hydrogen-bond acceptors (Lipinski definition) is 5. The minimum atomic E-state index is -4.21. The van der Waals surface area contributed by atoms with Crippen molar-refractivity contribution in [3.05, 3.63) is 41.5 Å². The molecule has 1 fully saturated rings. The van der Waals surface area contributed by atoms with Crippen LogP contribution in [-0.2, 0) is 7.05 Å². The van der Waals surface area contributed by atoms with E-state index >= 15 is 0 Å². The van der Waals surface area contributed by atoms with Crippen LogP contribution in [-0.4, -0.2) is 78.9 Å². The average Bonchev–Trinajstić information content (AvgIpc) is 3.31. The molecule has 1 atom stereocenters. The van der Waals surface area contributed by atoms with Crippen molar-refractivity contribution in [1.29, 1.82) is 0 Å². The van der Waals surface area contributed by atoms with E-state index < -0.39 is 18.7 Å². The molecule has 0 spiro atoms. The Morgan fingerprint density at radius 3 is 2.50 bits per heavy atom. The lowest BCUT2D eigenvalue weighted by Crippen LogP contribution is -2.49. The topological polar surface area (TPSA) is 78.9 Å². The Kier molecular flexibility index (Phi) is 5.72. The summed E-state index contributed by atoms with van der Waals surface area (Å²) in [7, 11) is 1.77. The van der Waals surface area contributed by atoms with E-state index in [-0.39, 0.29) is 11.6 Å². The fourth-order valence-electron chi connectivity index (χ4n) is 4.57. The number of aromatic nitrogens is 4. The molecular formula is C21H25F3N6O2. The number of piperazine rings is 1. The summed E-state index contributed by atoms with van der Waals surface area (Å²) in [6, 6.07) is 3.32. The Morgan fingerprint density at radius 2 is 1.94 bits per heavy atom. The molecule has 3 aromatic rings. The first kappa shape index (κ1) is 22.3. The molecule has 0 amide bonds. The number of carboxylic acids is 1. The smallest absolute Gasteiger partial charge is 0.401 e. The summed E-state index contributed by atoms with van der Waals surface area (Å²) in [4.78, 5) is 19.8. The van der Waals surface area contributed by atoms with Gasteiger partial charge < -0.3 is 9.51 Å². The van der Waals surface area contributed by atoms with Gasteiger partial charge in [-0.3, -0.25) is 9.80 Å². The van der Waals surface area contributed by atoms with E-state index in [2.05, 4.69) is 15.0 Å². The van der Waals surface area contributed by atoms with E-state index in [1.807, 2.05) is 23.6 Å². The number of nitrogens with zero attached hydrogens (tertiary/aromatic N) is 6. The first-order chi connectivity index (χ1) is 15.1. The molecule has 172 valence electrons. The van der Waals surface area contributed by atoms with Crippen LogP contribution in [0, 0.1) is 6.92 Å². The summed E-state index contributed by atoms with van der Waals surface area (Å²) < 4.78 is 41.8. The number of carboxylic acid groups (broad SMARTS) is 1. The zero-order valence-corrected chi connectivity index (χ0v) is 18.1. The largest absolute Gasteiger partial charge is 0.478 e. The highest BCUT2D eigenvalue weighted by atomic mass is 19.4. The van der Waals surface area contributed by atoms with Crippen molar-refractivity contribution in [3.63, 3.8) is 0 Å². The number of halogens is 3. The minimum Gasteiger partial charge on any atom is -0.478 e. The molecule has 1 unspecified atom stereocenters. The Bertz CT molecular complexity index is 1140. The summed E-state index contributed by atoms with van der Waals surface area (Å²) in [6.07, 6.45) is -0.896. The van der Waals surface area contributed by atoms with Gasteiger partial charge >= 0.3 is 12.1 Å². The predicted octanol–water partition coefficient (Wildman–Crippen LogP) is 2.98. The van der Waals surface area contributed by atoms with E-state index in [0.29, 0.717) is 43.1 Å².